The number of benzene rings is 2. The van der Waals surface area contributed by atoms with Gasteiger partial charge in [-0.05, 0) is 42.5 Å². The van der Waals surface area contributed by atoms with Crippen molar-refractivity contribution in [3.8, 4) is 17.6 Å². The van der Waals surface area contributed by atoms with Crippen LogP contribution in [-0.4, -0.2) is 38.9 Å². The van der Waals surface area contributed by atoms with Gasteiger partial charge < -0.3 is 9.47 Å². The summed E-state index contributed by atoms with van der Waals surface area (Å²) in [5.41, 5.74) is 0.512. The summed E-state index contributed by atoms with van der Waals surface area (Å²) in [4.78, 5) is 12.3. The third-order valence-corrected chi connectivity index (χ3v) is 5.99. The third-order valence-electron chi connectivity index (χ3n) is 3.92. The van der Waals surface area contributed by atoms with Gasteiger partial charge >= 0.3 is 5.97 Å². The van der Waals surface area contributed by atoms with Crippen molar-refractivity contribution in [1.29, 1.82) is 5.26 Å². The molecule has 0 unspecified atom stereocenters. The Kier molecular flexibility index (Phi) is 6.55. The van der Waals surface area contributed by atoms with Crippen LogP contribution < -0.4 is 9.47 Å². The topological polar surface area (TPSA) is 96.7 Å². The normalized spacial score (nSPS) is 11.1. The summed E-state index contributed by atoms with van der Waals surface area (Å²) in [5, 5.41) is 8.80. The highest BCUT2D eigenvalue weighted by Gasteiger charge is 2.27. The lowest BCUT2D eigenvalue weighted by molar-refractivity contribution is 0.0734. The van der Waals surface area contributed by atoms with Crippen LogP contribution >= 0.6 is 0 Å². The molecule has 0 atom stereocenters. The van der Waals surface area contributed by atoms with Crippen LogP contribution in [0.25, 0.3) is 0 Å². The molecular weight excluding hydrogens is 368 g/mol. The van der Waals surface area contributed by atoms with E-state index < -0.39 is 16.0 Å². The summed E-state index contributed by atoms with van der Waals surface area (Å²) in [6.45, 7) is 4.05. The van der Waals surface area contributed by atoms with Crippen molar-refractivity contribution >= 4 is 16.0 Å². The van der Waals surface area contributed by atoms with E-state index in [4.69, 9.17) is 14.7 Å². The Bertz CT molecular complexity index is 959. The van der Waals surface area contributed by atoms with Crippen LogP contribution in [0.5, 0.6) is 11.5 Å². The maximum Gasteiger partial charge on any atom is 0.343 e. The van der Waals surface area contributed by atoms with Crippen molar-refractivity contribution < 1.29 is 22.7 Å². The van der Waals surface area contributed by atoms with Gasteiger partial charge in [-0.15, -0.1) is 0 Å². The molecule has 2 rings (SSSR count). The number of sulfonamides is 1. The van der Waals surface area contributed by atoms with E-state index in [0.717, 1.165) is 0 Å². The second-order valence-electron chi connectivity index (χ2n) is 5.48. The zero-order valence-corrected chi connectivity index (χ0v) is 16.1. The summed E-state index contributed by atoms with van der Waals surface area (Å²) in [6.07, 6.45) is 0. The summed E-state index contributed by atoms with van der Waals surface area (Å²) in [7, 11) is -2.45. The Labute approximate surface area is 158 Å². The minimum Gasteiger partial charge on any atom is -0.495 e. The molecule has 2 aromatic carbocycles. The SMILES string of the molecule is CCN(CC)S(=O)(=O)c1cc(C(=O)Oc2ccc(C#N)cc2)ccc1OC. The quantitative estimate of drug-likeness (QED) is 0.534. The largest absolute Gasteiger partial charge is 0.495 e. The Morgan fingerprint density at radius 1 is 1.11 bits per heavy atom. The first-order chi connectivity index (χ1) is 12.9. The molecule has 0 saturated heterocycles. The smallest absolute Gasteiger partial charge is 0.343 e. The van der Waals surface area contributed by atoms with E-state index in [2.05, 4.69) is 0 Å². The van der Waals surface area contributed by atoms with Crippen LogP contribution in [0.2, 0.25) is 0 Å². The molecule has 0 amide bonds. The first kappa shape index (κ1) is 20.4. The van der Waals surface area contributed by atoms with Crippen LogP contribution in [-0.2, 0) is 10.0 Å². The molecule has 142 valence electrons. The minimum absolute atomic E-state index is 0.0749. The molecule has 0 aliphatic carbocycles. The molecule has 0 radical (unpaired) electrons. The molecule has 8 heteroatoms. The van der Waals surface area contributed by atoms with E-state index in [0.29, 0.717) is 18.7 Å². The van der Waals surface area contributed by atoms with Crippen molar-refractivity contribution in [2.45, 2.75) is 18.7 Å². The van der Waals surface area contributed by atoms with E-state index >= 15 is 0 Å². The summed E-state index contributed by atoms with van der Waals surface area (Å²) < 4.78 is 37.4. The number of hydrogen-bond acceptors (Lipinski definition) is 6. The number of nitriles is 1. The van der Waals surface area contributed by atoms with Gasteiger partial charge in [0.1, 0.15) is 16.4 Å². The highest BCUT2D eigenvalue weighted by molar-refractivity contribution is 7.89. The van der Waals surface area contributed by atoms with Crippen LogP contribution in [0.1, 0.15) is 29.8 Å². The van der Waals surface area contributed by atoms with Gasteiger partial charge in [0.25, 0.3) is 0 Å². The summed E-state index contributed by atoms with van der Waals surface area (Å²) in [5.74, 6) is -0.307. The number of carbonyl (C=O) groups is 1. The maximum absolute atomic E-state index is 12.8. The molecule has 0 aliphatic rings. The number of carbonyl (C=O) groups excluding carboxylic acids is 1. The average Bonchev–Trinajstić information content (AvgIpc) is 2.68. The van der Waals surface area contributed by atoms with Crippen molar-refractivity contribution in [2.24, 2.45) is 0 Å². The molecule has 0 spiro atoms. The lowest BCUT2D eigenvalue weighted by Gasteiger charge is -2.20. The Morgan fingerprint density at radius 2 is 1.74 bits per heavy atom. The molecule has 0 saturated carbocycles. The molecular formula is C19H20N2O5S. The third kappa shape index (κ3) is 4.45. The molecule has 0 aromatic heterocycles. The lowest BCUT2D eigenvalue weighted by atomic mass is 10.2. The fourth-order valence-electron chi connectivity index (χ4n) is 2.47. The number of nitrogens with zero attached hydrogens (tertiary/aromatic N) is 2. The standard InChI is InChI=1S/C19H20N2O5S/c1-4-21(5-2)27(23,24)18-12-15(8-11-17(18)25-3)19(22)26-16-9-6-14(13-20)7-10-16/h6-12H,4-5H2,1-3H3. The minimum atomic E-state index is -3.82. The molecule has 0 bridgehead atoms. The highest BCUT2D eigenvalue weighted by Crippen LogP contribution is 2.28. The van der Waals surface area contributed by atoms with E-state index in [1.807, 2.05) is 6.07 Å². The van der Waals surface area contributed by atoms with Crippen LogP contribution in [0.3, 0.4) is 0 Å². The number of esters is 1. The van der Waals surface area contributed by atoms with E-state index in [9.17, 15) is 13.2 Å². The van der Waals surface area contributed by atoms with E-state index in [1.54, 1.807) is 13.8 Å². The van der Waals surface area contributed by atoms with Gasteiger partial charge in [0.2, 0.25) is 10.0 Å². The molecule has 0 fully saturated rings. The van der Waals surface area contributed by atoms with E-state index in [-0.39, 0.29) is 22.0 Å². The van der Waals surface area contributed by atoms with Gasteiger partial charge in [0.15, 0.2) is 0 Å². The second kappa shape index (κ2) is 8.66. The molecule has 0 heterocycles. The van der Waals surface area contributed by atoms with Crippen LogP contribution in [0.15, 0.2) is 47.4 Å². The van der Waals surface area contributed by atoms with Crippen molar-refractivity contribution in [2.75, 3.05) is 20.2 Å². The molecule has 2 aromatic rings. The first-order valence-electron chi connectivity index (χ1n) is 8.27. The van der Waals surface area contributed by atoms with Crippen LogP contribution in [0, 0.1) is 11.3 Å². The van der Waals surface area contributed by atoms with Crippen molar-refractivity contribution in [3.63, 3.8) is 0 Å². The summed E-state index contributed by atoms with van der Waals surface area (Å²) in [6, 6.07) is 12.1. The molecule has 27 heavy (non-hydrogen) atoms. The summed E-state index contributed by atoms with van der Waals surface area (Å²) >= 11 is 0. The number of ether oxygens (including phenoxy) is 2. The van der Waals surface area contributed by atoms with Gasteiger partial charge in [-0.25, -0.2) is 13.2 Å². The second-order valence-corrected chi connectivity index (χ2v) is 7.39. The van der Waals surface area contributed by atoms with Crippen molar-refractivity contribution in [1.82, 2.24) is 4.31 Å². The number of rotatable bonds is 7. The van der Waals surface area contributed by atoms with Gasteiger partial charge in [0, 0.05) is 13.1 Å². The molecule has 0 aliphatic heterocycles. The maximum atomic E-state index is 12.8. The predicted octanol–water partition coefficient (Wildman–Crippen LogP) is 2.82. The monoisotopic (exact) mass is 388 g/mol. The van der Waals surface area contributed by atoms with Gasteiger partial charge in [-0.1, -0.05) is 13.8 Å². The zero-order chi connectivity index (χ0) is 20.0. The lowest BCUT2D eigenvalue weighted by Crippen LogP contribution is -2.31. The first-order valence-corrected chi connectivity index (χ1v) is 9.71. The van der Waals surface area contributed by atoms with Crippen LogP contribution in [0.4, 0.5) is 0 Å². The fourth-order valence-corrected chi connectivity index (χ4v) is 4.11. The number of hydrogen-bond donors (Lipinski definition) is 0. The van der Waals surface area contributed by atoms with Gasteiger partial charge in [0.05, 0.1) is 24.3 Å². The Morgan fingerprint density at radius 3 is 2.26 bits per heavy atom. The molecule has 0 N–H and O–H groups in total. The predicted molar refractivity (Wildman–Crippen MR) is 99.2 cm³/mol. The molecule has 7 nitrogen and oxygen atoms in total. The average molecular weight is 388 g/mol. The number of methoxy groups -OCH3 is 1. The Hall–Kier alpha value is -2.89. The Balaban J connectivity index is 2.38. The van der Waals surface area contributed by atoms with Crippen molar-refractivity contribution in [3.05, 3.63) is 53.6 Å². The van der Waals surface area contributed by atoms with E-state index in [1.165, 1.54) is 53.9 Å². The van der Waals surface area contributed by atoms with Gasteiger partial charge in [-0.3, -0.25) is 0 Å². The zero-order valence-electron chi connectivity index (χ0n) is 15.3. The highest BCUT2D eigenvalue weighted by atomic mass is 32.2. The van der Waals surface area contributed by atoms with Gasteiger partial charge in [-0.2, -0.15) is 9.57 Å². The fraction of sp³-hybridized carbons (Fsp3) is 0.263.